The van der Waals surface area contributed by atoms with E-state index in [9.17, 15) is 22.8 Å². The molecule has 1 saturated carbocycles. The minimum Gasteiger partial charge on any atom is -0.313 e. The Kier molecular flexibility index (Phi) is 4.48. The molecule has 6 nitrogen and oxygen atoms in total. The molecule has 0 bridgehead atoms. The van der Waals surface area contributed by atoms with Gasteiger partial charge in [0.05, 0.1) is 22.9 Å². The first kappa shape index (κ1) is 17.7. The van der Waals surface area contributed by atoms with Crippen LogP contribution in [0.1, 0.15) is 35.7 Å². The molecule has 1 N–H and O–H groups in total. The lowest BCUT2D eigenvalue weighted by Crippen LogP contribution is -2.39. The lowest BCUT2D eigenvalue weighted by Gasteiger charge is -2.12. The quantitative estimate of drug-likeness (QED) is 0.645. The van der Waals surface area contributed by atoms with Crippen LogP contribution in [0.5, 0.6) is 0 Å². The zero-order chi connectivity index (χ0) is 18.4. The average Bonchev–Trinajstić information content (AvgIpc) is 3.28. The molecule has 1 aliphatic rings. The fraction of sp³-hybridized carbons (Fsp3) is 0.533. The Morgan fingerprint density at radius 2 is 2.04 bits per heavy atom. The number of aryl methyl sites for hydroxylation is 2. The largest absolute Gasteiger partial charge is 0.390 e. The number of nitrogens with one attached hydrogen (secondary N) is 1. The van der Waals surface area contributed by atoms with Gasteiger partial charge in [-0.1, -0.05) is 0 Å². The van der Waals surface area contributed by atoms with Gasteiger partial charge in [0, 0.05) is 19.6 Å². The molecular formula is C15H17F3N4O2S. The van der Waals surface area contributed by atoms with Crippen LogP contribution in [0.25, 0.3) is 10.2 Å². The molecule has 0 radical (unpaired) electrons. The number of nitrogens with zero attached hydrogens (tertiary/aromatic N) is 3. The van der Waals surface area contributed by atoms with E-state index in [4.69, 9.17) is 0 Å². The second-order valence-corrected chi connectivity index (χ2v) is 6.99. The molecule has 2 aromatic rings. The second kappa shape index (κ2) is 6.32. The summed E-state index contributed by atoms with van der Waals surface area (Å²) in [7, 11) is 1.61. The zero-order valence-corrected chi connectivity index (χ0v) is 14.5. The Labute approximate surface area is 144 Å². The number of hydrazone groups is 1. The number of aromatic nitrogens is 2. The summed E-state index contributed by atoms with van der Waals surface area (Å²) in [6, 6.07) is -0.213. The van der Waals surface area contributed by atoms with Crippen LogP contribution in [0.2, 0.25) is 0 Å². The van der Waals surface area contributed by atoms with Crippen LogP contribution >= 0.6 is 11.3 Å². The van der Waals surface area contributed by atoms with E-state index in [2.05, 4.69) is 10.5 Å². The van der Waals surface area contributed by atoms with E-state index in [1.165, 1.54) is 6.21 Å². The summed E-state index contributed by atoms with van der Waals surface area (Å²) in [6.45, 7) is 1.21. The van der Waals surface area contributed by atoms with Crippen LogP contribution < -0.4 is 16.7 Å². The SMILES string of the molecule is CN/N=C/c1sc2c(c1C)c(=O)n(C1CC1)c(=O)n2CCC(F)(F)F. The maximum Gasteiger partial charge on any atom is 0.390 e. The van der Waals surface area contributed by atoms with Crippen molar-refractivity contribution in [3.8, 4) is 0 Å². The monoisotopic (exact) mass is 374 g/mol. The molecule has 1 fully saturated rings. The number of hydrogen-bond acceptors (Lipinski definition) is 5. The summed E-state index contributed by atoms with van der Waals surface area (Å²) >= 11 is 1.10. The highest BCUT2D eigenvalue weighted by atomic mass is 32.1. The third kappa shape index (κ3) is 3.35. The molecule has 136 valence electrons. The molecule has 0 aromatic carbocycles. The van der Waals surface area contributed by atoms with Crippen LogP contribution in [-0.2, 0) is 6.54 Å². The number of fused-ring (bicyclic) bond motifs is 1. The molecule has 0 spiro atoms. The molecule has 0 aliphatic heterocycles. The molecule has 25 heavy (non-hydrogen) atoms. The highest BCUT2D eigenvalue weighted by molar-refractivity contribution is 7.20. The molecule has 2 heterocycles. The maximum absolute atomic E-state index is 12.8. The molecule has 2 aromatic heterocycles. The lowest BCUT2D eigenvalue weighted by molar-refractivity contribution is -0.136. The van der Waals surface area contributed by atoms with Gasteiger partial charge >= 0.3 is 11.9 Å². The van der Waals surface area contributed by atoms with Gasteiger partial charge < -0.3 is 5.43 Å². The number of thiophene rings is 1. The van der Waals surface area contributed by atoms with E-state index in [0.29, 0.717) is 28.7 Å². The van der Waals surface area contributed by atoms with Crippen LogP contribution in [0.3, 0.4) is 0 Å². The molecular weight excluding hydrogens is 357 g/mol. The van der Waals surface area contributed by atoms with Crippen molar-refractivity contribution in [2.75, 3.05) is 7.05 Å². The minimum absolute atomic E-state index is 0.213. The second-order valence-electron chi connectivity index (χ2n) is 5.96. The summed E-state index contributed by atoms with van der Waals surface area (Å²) in [5.74, 6) is 0. The smallest absolute Gasteiger partial charge is 0.313 e. The Balaban J connectivity index is 2.26. The van der Waals surface area contributed by atoms with Crippen molar-refractivity contribution < 1.29 is 13.2 Å². The molecule has 0 amide bonds. The number of alkyl halides is 3. The van der Waals surface area contributed by atoms with E-state index in [1.807, 2.05) is 0 Å². The topological polar surface area (TPSA) is 68.4 Å². The molecule has 0 saturated heterocycles. The van der Waals surface area contributed by atoms with Crippen molar-refractivity contribution in [2.24, 2.45) is 5.10 Å². The number of hydrogen-bond donors (Lipinski definition) is 1. The van der Waals surface area contributed by atoms with Crippen LogP contribution in [-0.4, -0.2) is 28.6 Å². The van der Waals surface area contributed by atoms with Crippen molar-refractivity contribution in [1.29, 1.82) is 0 Å². The van der Waals surface area contributed by atoms with Gasteiger partial charge in [-0.3, -0.25) is 13.9 Å². The average molecular weight is 374 g/mol. The van der Waals surface area contributed by atoms with Crippen molar-refractivity contribution in [3.63, 3.8) is 0 Å². The van der Waals surface area contributed by atoms with Gasteiger partial charge in [-0.15, -0.1) is 11.3 Å². The first-order valence-electron chi connectivity index (χ1n) is 7.79. The van der Waals surface area contributed by atoms with Crippen molar-refractivity contribution in [2.45, 2.75) is 44.9 Å². The van der Waals surface area contributed by atoms with E-state index in [-0.39, 0.29) is 10.9 Å². The summed E-state index contributed by atoms with van der Waals surface area (Å²) in [4.78, 5) is 26.3. The fourth-order valence-electron chi connectivity index (χ4n) is 2.72. The summed E-state index contributed by atoms with van der Waals surface area (Å²) < 4.78 is 40.2. The lowest BCUT2D eigenvalue weighted by atomic mass is 10.2. The summed E-state index contributed by atoms with van der Waals surface area (Å²) in [5, 5.41) is 4.20. The standard InChI is InChI=1S/C15H17F3N4O2S/c1-8-10(7-20-19-2)25-13-11(8)12(23)22(9-3-4-9)14(24)21(13)6-5-15(16,17)18/h7,9,19H,3-6H2,1-2H3/b20-7+. The van der Waals surface area contributed by atoms with Crippen LogP contribution in [0.4, 0.5) is 13.2 Å². The van der Waals surface area contributed by atoms with Crippen molar-refractivity contribution in [1.82, 2.24) is 14.6 Å². The molecule has 0 unspecified atom stereocenters. The van der Waals surface area contributed by atoms with Gasteiger partial charge in [0.25, 0.3) is 5.56 Å². The zero-order valence-electron chi connectivity index (χ0n) is 13.7. The van der Waals surface area contributed by atoms with Gasteiger partial charge in [0.15, 0.2) is 0 Å². The predicted octanol–water partition coefficient (Wildman–Crippen LogP) is 2.37. The van der Waals surface area contributed by atoms with E-state index < -0.39 is 30.4 Å². The first-order valence-corrected chi connectivity index (χ1v) is 8.61. The summed E-state index contributed by atoms with van der Waals surface area (Å²) in [6.07, 6.45) is -2.62. The van der Waals surface area contributed by atoms with Gasteiger partial charge in [-0.05, 0) is 25.3 Å². The Morgan fingerprint density at radius 3 is 2.60 bits per heavy atom. The molecule has 1 aliphatic carbocycles. The fourth-order valence-corrected chi connectivity index (χ4v) is 3.91. The van der Waals surface area contributed by atoms with Gasteiger partial charge in [-0.25, -0.2) is 4.79 Å². The first-order chi connectivity index (χ1) is 11.7. The Morgan fingerprint density at radius 1 is 1.36 bits per heavy atom. The predicted molar refractivity (Wildman–Crippen MR) is 90.7 cm³/mol. The Bertz CT molecular complexity index is 951. The van der Waals surface area contributed by atoms with E-state index in [0.717, 1.165) is 20.5 Å². The number of halogens is 3. The molecule has 3 rings (SSSR count). The minimum atomic E-state index is -4.38. The number of rotatable bonds is 5. The highest BCUT2D eigenvalue weighted by Crippen LogP contribution is 2.34. The van der Waals surface area contributed by atoms with Crippen LogP contribution in [0, 0.1) is 6.92 Å². The molecule has 10 heteroatoms. The van der Waals surface area contributed by atoms with Crippen molar-refractivity contribution in [3.05, 3.63) is 31.3 Å². The highest BCUT2D eigenvalue weighted by Gasteiger charge is 2.32. The van der Waals surface area contributed by atoms with E-state index >= 15 is 0 Å². The molecule has 0 atom stereocenters. The third-order valence-corrected chi connectivity index (χ3v) is 5.37. The third-order valence-electron chi connectivity index (χ3n) is 4.12. The Hall–Kier alpha value is -2.10. The van der Waals surface area contributed by atoms with Crippen molar-refractivity contribution >= 4 is 27.8 Å². The van der Waals surface area contributed by atoms with E-state index in [1.54, 1.807) is 14.0 Å². The van der Waals surface area contributed by atoms with Gasteiger partial charge in [-0.2, -0.15) is 18.3 Å². The van der Waals surface area contributed by atoms with Gasteiger partial charge in [0.2, 0.25) is 0 Å². The maximum atomic E-state index is 12.8. The van der Waals surface area contributed by atoms with Gasteiger partial charge in [0.1, 0.15) is 4.83 Å². The van der Waals surface area contributed by atoms with Crippen LogP contribution in [0.15, 0.2) is 14.7 Å². The normalized spacial score (nSPS) is 15.4. The summed E-state index contributed by atoms with van der Waals surface area (Å²) in [5.41, 5.74) is 2.12.